The molecule has 1 aliphatic heterocycles. The lowest BCUT2D eigenvalue weighted by Gasteiger charge is -2.36. The molecule has 0 aliphatic carbocycles. The Kier molecular flexibility index (Phi) is 6.04. The summed E-state index contributed by atoms with van der Waals surface area (Å²) < 4.78 is 11.1. The van der Waals surface area contributed by atoms with Gasteiger partial charge >= 0.3 is 0 Å². The highest BCUT2D eigenvalue weighted by Crippen LogP contribution is 2.18. The van der Waals surface area contributed by atoms with Crippen molar-refractivity contribution >= 4 is 11.8 Å². The smallest absolute Gasteiger partial charge is 0.242 e. The van der Waals surface area contributed by atoms with Crippen molar-refractivity contribution in [1.29, 1.82) is 0 Å². The van der Waals surface area contributed by atoms with E-state index < -0.39 is 5.54 Å². The first-order chi connectivity index (χ1) is 11.3. The number of carbonyl (C=O) groups is 2. The zero-order valence-corrected chi connectivity index (χ0v) is 15.1. The van der Waals surface area contributed by atoms with Gasteiger partial charge in [0.25, 0.3) is 0 Å². The van der Waals surface area contributed by atoms with Gasteiger partial charge in [-0.05, 0) is 45.7 Å². The third-order valence-corrected chi connectivity index (χ3v) is 4.21. The Bertz CT molecular complexity index is 542. The van der Waals surface area contributed by atoms with Gasteiger partial charge in [0.15, 0.2) is 0 Å². The minimum atomic E-state index is -0.401. The molecular formula is C18H28N2O4. The van der Waals surface area contributed by atoms with E-state index in [0.29, 0.717) is 13.1 Å². The molecule has 0 spiro atoms. The molecule has 1 fully saturated rings. The van der Waals surface area contributed by atoms with E-state index in [2.05, 4.69) is 0 Å². The van der Waals surface area contributed by atoms with Crippen molar-refractivity contribution in [3.8, 4) is 0 Å². The summed E-state index contributed by atoms with van der Waals surface area (Å²) in [6.45, 7) is 9.00. The van der Waals surface area contributed by atoms with Gasteiger partial charge in [-0.3, -0.25) is 9.59 Å². The predicted octanol–water partition coefficient (Wildman–Crippen LogP) is 2.43. The average Bonchev–Trinajstić information content (AvgIpc) is 3.15. The van der Waals surface area contributed by atoms with Crippen LogP contribution < -0.4 is 0 Å². The third kappa shape index (κ3) is 5.09. The van der Waals surface area contributed by atoms with Gasteiger partial charge in [0.1, 0.15) is 12.3 Å². The van der Waals surface area contributed by atoms with E-state index in [4.69, 9.17) is 9.15 Å². The predicted molar refractivity (Wildman–Crippen MR) is 90.2 cm³/mol. The first kappa shape index (κ1) is 18.5. The maximum absolute atomic E-state index is 12.9. The molecule has 6 nitrogen and oxygen atoms in total. The Hall–Kier alpha value is -1.82. The Balaban J connectivity index is 2.08. The molecule has 0 N–H and O–H groups in total. The van der Waals surface area contributed by atoms with Crippen LogP contribution in [-0.2, 0) is 20.9 Å². The fourth-order valence-corrected chi connectivity index (χ4v) is 2.94. The summed E-state index contributed by atoms with van der Waals surface area (Å²) in [5.74, 6) is 0.532. The molecule has 2 amide bonds. The van der Waals surface area contributed by atoms with Gasteiger partial charge < -0.3 is 19.0 Å². The fraction of sp³-hybridized carbons (Fsp3) is 0.667. The van der Waals surface area contributed by atoms with Crippen LogP contribution in [0, 0.1) is 0 Å². The summed E-state index contributed by atoms with van der Waals surface area (Å²) in [6.07, 6.45) is 3.64. The van der Waals surface area contributed by atoms with Gasteiger partial charge in [-0.1, -0.05) is 0 Å². The highest BCUT2D eigenvalue weighted by atomic mass is 16.5. The quantitative estimate of drug-likeness (QED) is 0.800. The second-order valence-corrected chi connectivity index (χ2v) is 7.26. The van der Waals surface area contributed by atoms with Crippen LogP contribution in [0.4, 0.5) is 0 Å². The average molecular weight is 336 g/mol. The van der Waals surface area contributed by atoms with E-state index in [-0.39, 0.29) is 24.5 Å². The maximum atomic E-state index is 12.9. The van der Waals surface area contributed by atoms with Crippen molar-refractivity contribution in [3.63, 3.8) is 0 Å². The second kappa shape index (κ2) is 7.83. The Morgan fingerprint density at radius 3 is 2.58 bits per heavy atom. The molecule has 1 atom stereocenters. The van der Waals surface area contributed by atoms with Crippen molar-refractivity contribution in [2.45, 2.75) is 58.7 Å². The fourth-order valence-electron chi connectivity index (χ4n) is 2.94. The summed E-state index contributed by atoms with van der Waals surface area (Å²) in [4.78, 5) is 28.1. The molecule has 0 aromatic carbocycles. The Labute approximate surface area is 143 Å². The minimum absolute atomic E-state index is 0.0596. The summed E-state index contributed by atoms with van der Waals surface area (Å²) in [5.41, 5.74) is -0.401. The van der Waals surface area contributed by atoms with Crippen molar-refractivity contribution in [1.82, 2.24) is 9.80 Å². The van der Waals surface area contributed by atoms with Crippen molar-refractivity contribution in [2.75, 3.05) is 19.7 Å². The largest absolute Gasteiger partial charge is 0.467 e. The summed E-state index contributed by atoms with van der Waals surface area (Å²) in [6, 6.07) is 3.66. The molecule has 1 aromatic rings. The van der Waals surface area contributed by atoms with E-state index in [0.717, 1.165) is 25.2 Å². The molecule has 1 aliphatic rings. The summed E-state index contributed by atoms with van der Waals surface area (Å²) in [5, 5.41) is 0. The molecule has 1 aromatic heterocycles. The zero-order chi connectivity index (χ0) is 17.7. The second-order valence-electron chi connectivity index (χ2n) is 7.26. The SMILES string of the molecule is CC(=O)N(CC(=O)N(Cc1ccco1)CC1CCCO1)C(C)(C)C. The van der Waals surface area contributed by atoms with E-state index in [9.17, 15) is 9.59 Å². The van der Waals surface area contributed by atoms with Crippen LogP contribution in [0.1, 0.15) is 46.3 Å². The minimum Gasteiger partial charge on any atom is -0.467 e. The highest BCUT2D eigenvalue weighted by Gasteiger charge is 2.30. The highest BCUT2D eigenvalue weighted by molar-refractivity contribution is 5.84. The number of ether oxygens (including phenoxy) is 1. The van der Waals surface area contributed by atoms with Crippen molar-refractivity contribution in [2.24, 2.45) is 0 Å². The Morgan fingerprint density at radius 2 is 2.08 bits per heavy atom. The molecule has 2 rings (SSSR count). The van der Waals surface area contributed by atoms with Crippen molar-refractivity contribution in [3.05, 3.63) is 24.2 Å². The molecular weight excluding hydrogens is 308 g/mol. The number of amides is 2. The molecule has 0 bridgehead atoms. The molecule has 1 saturated heterocycles. The van der Waals surface area contributed by atoms with Crippen LogP contribution in [0.2, 0.25) is 0 Å². The molecule has 1 unspecified atom stereocenters. The normalized spacial score (nSPS) is 17.8. The van der Waals surface area contributed by atoms with Crippen LogP contribution in [0.15, 0.2) is 22.8 Å². The van der Waals surface area contributed by atoms with Gasteiger partial charge in [0.2, 0.25) is 11.8 Å². The van der Waals surface area contributed by atoms with Crippen LogP contribution in [0.5, 0.6) is 0 Å². The van der Waals surface area contributed by atoms with Gasteiger partial charge in [-0.15, -0.1) is 0 Å². The standard InChI is InChI=1S/C18H28N2O4/c1-14(21)20(18(2,3)4)13-17(22)19(11-15-7-5-9-23-15)12-16-8-6-10-24-16/h5,7,9,16H,6,8,10-13H2,1-4H3. The topological polar surface area (TPSA) is 63.0 Å². The van der Waals surface area contributed by atoms with Gasteiger partial charge in [-0.25, -0.2) is 0 Å². The van der Waals surface area contributed by atoms with E-state index >= 15 is 0 Å². The lowest BCUT2D eigenvalue weighted by molar-refractivity contribution is -0.144. The number of furan rings is 1. The van der Waals surface area contributed by atoms with Crippen LogP contribution in [0.3, 0.4) is 0 Å². The molecule has 0 saturated carbocycles. The lowest BCUT2D eigenvalue weighted by Crippen LogP contribution is -2.51. The number of hydrogen-bond acceptors (Lipinski definition) is 4. The van der Waals surface area contributed by atoms with E-state index in [1.807, 2.05) is 26.8 Å². The van der Waals surface area contributed by atoms with Crippen LogP contribution in [-0.4, -0.2) is 53.0 Å². The van der Waals surface area contributed by atoms with Gasteiger partial charge in [-0.2, -0.15) is 0 Å². The molecule has 134 valence electrons. The maximum Gasteiger partial charge on any atom is 0.242 e. The first-order valence-corrected chi connectivity index (χ1v) is 8.47. The number of rotatable bonds is 6. The summed E-state index contributed by atoms with van der Waals surface area (Å²) in [7, 11) is 0. The first-order valence-electron chi connectivity index (χ1n) is 8.47. The lowest BCUT2D eigenvalue weighted by atomic mass is 10.1. The number of carbonyl (C=O) groups excluding carboxylic acids is 2. The van der Waals surface area contributed by atoms with E-state index in [1.165, 1.54) is 6.92 Å². The van der Waals surface area contributed by atoms with Gasteiger partial charge in [0.05, 0.1) is 18.9 Å². The zero-order valence-electron chi connectivity index (χ0n) is 15.1. The Morgan fingerprint density at radius 1 is 1.33 bits per heavy atom. The molecule has 0 radical (unpaired) electrons. The van der Waals surface area contributed by atoms with Crippen molar-refractivity contribution < 1.29 is 18.7 Å². The van der Waals surface area contributed by atoms with Crippen LogP contribution >= 0.6 is 0 Å². The van der Waals surface area contributed by atoms with Gasteiger partial charge in [0, 0.05) is 25.6 Å². The molecule has 6 heteroatoms. The monoisotopic (exact) mass is 336 g/mol. The molecule has 2 heterocycles. The third-order valence-electron chi connectivity index (χ3n) is 4.21. The number of hydrogen-bond donors (Lipinski definition) is 0. The summed E-state index contributed by atoms with van der Waals surface area (Å²) >= 11 is 0. The molecule has 24 heavy (non-hydrogen) atoms. The van der Waals surface area contributed by atoms with E-state index in [1.54, 1.807) is 22.1 Å². The van der Waals surface area contributed by atoms with Crippen LogP contribution in [0.25, 0.3) is 0 Å². The number of nitrogens with zero attached hydrogens (tertiary/aromatic N) is 2.